The second-order valence-electron chi connectivity index (χ2n) is 5.00. The molecule has 3 rings (SSSR count). The Bertz CT molecular complexity index is 663. The first-order valence-electron chi connectivity index (χ1n) is 7.10. The molecule has 0 saturated heterocycles. The van der Waals surface area contributed by atoms with E-state index in [0.717, 1.165) is 28.9 Å². The van der Waals surface area contributed by atoms with E-state index in [-0.39, 0.29) is 5.91 Å². The van der Waals surface area contributed by atoms with Crippen LogP contribution in [0.25, 0.3) is 0 Å². The summed E-state index contributed by atoms with van der Waals surface area (Å²) in [5, 5.41) is 2.85. The van der Waals surface area contributed by atoms with Crippen LogP contribution in [-0.2, 0) is 4.79 Å². The van der Waals surface area contributed by atoms with Crippen LogP contribution in [0, 0.1) is 0 Å². The van der Waals surface area contributed by atoms with Crippen LogP contribution in [-0.4, -0.2) is 29.7 Å². The van der Waals surface area contributed by atoms with E-state index in [0.29, 0.717) is 12.4 Å². The molecule has 0 saturated carbocycles. The highest BCUT2D eigenvalue weighted by molar-refractivity contribution is 9.10. The molecular formula is C16H16BrN3OS. The van der Waals surface area contributed by atoms with Crippen LogP contribution in [0.3, 0.4) is 0 Å². The molecule has 0 bridgehead atoms. The van der Waals surface area contributed by atoms with Crippen molar-refractivity contribution in [3.05, 3.63) is 47.1 Å². The van der Waals surface area contributed by atoms with Crippen molar-refractivity contribution >= 4 is 45.1 Å². The highest BCUT2D eigenvalue weighted by Crippen LogP contribution is 2.33. The summed E-state index contributed by atoms with van der Waals surface area (Å²) in [5.74, 6) is 1.62. The van der Waals surface area contributed by atoms with Crippen LogP contribution in [0.4, 0.5) is 11.5 Å². The monoisotopic (exact) mass is 377 g/mol. The summed E-state index contributed by atoms with van der Waals surface area (Å²) in [6.45, 7) is 1.24. The fraction of sp³-hybridized carbons (Fsp3) is 0.250. The Morgan fingerprint density at radius 1 is 1.32 bits per heavy atom. The van der Waals surface area contributed by atoms with Gasteiger partial charge in [-0.2, -0.15) is 0 Å². The Hall–Kier alpha value is -1.53. The maximum atomic E-state index is 12.3. The first kappa shape index (κ1) is 15.4. The quantitative estimate of drug-likeness (QED) is 0.883. The number of hydrogen-bond donors (Lipinski definition) is 1. The Balaban J connectivity index is 1.69. The lowest BCUT2D eigenvalue weighted by Crippen LogP contribution is -2.34. The van der Waals surface area contributed by atoms with Gasteiger partial charge in [-0.3, -0.25) is 4.79 Å². The first-order chi connectivity index (χ1) is 10.7. The van der Waals surface area contributed by atoms with E-state index in [1.807, 2.05) is 30.0 Å². The van der Waals surface area contributed by atoms with E-state index in [1.54, 1.807) is 12.3 Å². The third kappa shape index (κ3) is 3.81. The normalized spacial score (nSPS) is 14.1. The van der Waals surface area contributed by atoms with Crippen LogP contribution in [0.2, 0.25) is 0 Å². The number of carbonyl (C=O) groups is 1. The van der Waals surface area contributed by atoms with Crippen LogP contribution in [0.15, 0.2) is 52.0 Å². The average Bonchev–Trinajstić information content (AvgIpc) is 2.72. The fourth-order valence-corrected chi connectivity index (χ4v) is 3.62. The van der Waals surface area contributed by atoms with Crippen LogP contribution in [0.1, 0.15) is 6.42 Å². The van der Waals surface area contributed by atoms with Crippen molar-refractivity contribution in [3.8, 4) is 0 Å². The molecule has 6 heteroatoms. The van der Waals surface area contributed by atoms with Gasteiger partial charge < -0.3 is 10.2 Å². The number of thioether (sulfide) groups is 1. The van der Waals surface area contributed by atoms with Gasteiger partial charge in [0.05, 0.1) is 12.2 Å². The largest absolute Gasteiger partial charge is 0.361 e. The van der Waals surface area contributed by atoms with Gasteiger partial charge in [0, 0.05) is 22.1 Å². The molecule has 0 radical (unpaired) electrons. The Morgan fingerprint density at radius 2 is 2.18 bits per heavy atom. The average molecular weight is 378 g/mol. The van der Waals surface area contributed by atoms with Gasteiger partial charge >= 0.3 is 0 Å². The van der Waals surface area contributed by atoms with Crippen molar-refractivity contribution < 1.29 is 4.79 Å². The summed E-state index contributed by atoms with van der Waals surface area (Å²) >= 11 is 5.19. The van der Waals surface area contributed by atoms with Crippen LogP contribution in [0.5, 0.6) is 0 Å². The van der Waals surface area contributed by atoms with Gasteiger partial charge in [0.15, 0.2) is 0 Å². The van der Waals surface area contributed by atoms with Crippen LogP contribution < -0.4 is 10.2 Å². The molecule has 22 heavy (non-hydrogen) atoms. The lowest BCUT2D eigenvalue weighted by molar-refractivity contribution is -0.115. The zero-order valence-corrected chi connectivity index (χ0v) is 14.4. The molecule has 0 atom stereocenters. The molecule has 4 nitrogen and oxygen atoms in total. The minimum Gasteiger partial charge on any atom is -0.361 e. The van der Waals surface area contributed by atoms with E-state index < -0.39 is 0 Å². The van der Waals surface area contributed by atoms with Gasteiger partial charge in [0.25, 0.3) is 0 Å². The van der Waals surface area contributed by atoms with E-state index in [1.165, 1.54) is 4.90 Å². The van der Waals surface area contributed by atoms with Crippen molar-refractivity contribution in [2.45, 2.75) is 11.3 Å². The number of rotatable bonds is 3. The third-order valence-electron chi connectivity index (χ3n) is 3.37. The lowest BCUT2D eigenvalue weighted by atomic mass is 10.2. The van der Waals surface area contributed by atoms with E-state index in [2.05, 4.69) is 43.3 Å². The summed E-state index contributed by atoms with van der Waals surface area (Å²) < 4.78 is 0.893. The Labute approximate surface area is 142 Å². The molecular weight excluding hydrogens is 362 g/mol. The standard InChI is InChI=1S/C16H16BrN3OS/c17-12-6-7-15(18-10-12)19-16(21)11-20-8-3-9-22-14-5-2-1-4-13(14)20/h1-2,4-7,10H,3,8-9,11H2,(H,18,19,21). The molecule has 114 valence electrons. The summed E-state index contributed by atoms with van der Waals surface area (Å²) in [7, 11) is 0. The van der Waals surface area contributed by atoms with E-state index >= 15 is 0 Å². The van der Waals surface area contributed by atoms with Gasteiger partial charge in [-0.05, 0) is 52.4 Å². The van der Waals surface area contributed by atoms with E-state index in [4.69, 9.17) is 0 Å². The van der Waals surface area contributed by atoms with Crippen molar-refractivity contribution in [2.75, 3.05) is 29.1 Å². The first-order valence-corrected chi connectivity index (χ1v) is 8.88. The van der Waals surface area contributed by atoms with E-state index in [9.17, 15) is 4.79 Å². The van der Waals surface area contributed by atoms with Crippen molar-refractivity contribution in [1.82, 2.24) is 4.98 Å². The predicted octanol–water partition coefficient (Wildman–Crippen LogP) is 3.79. The molecule has 0 fully saturated rings. The number of hydrogen-bond acceptors (Lipinski definition) is 4. The lowest BCUT2D eigenvalue weighted by Gasteiger charge is -2.23. The topological polar surface area (TPSA) is 45.2 Å². The molecule has 0 spiro atoms. The predicted molar refractivity (Wildman–Crippen MR) is 94.6 cm³/mol. The third-order valence-corrected chi connectivity index (χ3v) is 4.98. The number of anilines is 2. The summed E-state index contributed by atoms with van der Waals surface area (Å²) in [6, 6.07) is 11.9. The Morgan fingerprint density at radius 3 is 3.00 bits per heavy atom. The number of aromatic nitrogens is 1. The zero-order chi connectivity index (χ0) is 15.4. The van der Waals surface area contributed by atoms with Gasteiger partial charge in [0.2, 0.25) is 5.91 Å². The summed E-state index contributed by atoms with van der Waals surface area (Å²) in [5.41, 5.74) is 1.14. The maximum absolute atomic E-state index is 12.3. The fourth-order valence-electron chi connectivity index (χ4n) is 2.37. The number of halogens is 1. The number of para-hydroxylation sites is 1. The molecule has 1 amide bonds. The second-order valence-corrected chi connectivity index (χ2v) is 7.05. The molecule has 1 aromatic heterocycles. The number of nitrogens with one attached hydrogen (secondary N) is 1. The summed E-state index contributed by atoms with van der Waals surface area (Å²) in [6.07, 6.45) is 2.75. The number of amides is 1. The molecule has 0 aliphatic carbocycles. The number of carbonyl (C=O) groups excluding carboxylic acids is 1. The highest BCUT2D eigenvalue weighted by atomic mass is 79.9. The SMILES string of the molecule is O=C(CN1CCCSc2ccccc21)Nc1ccc(Br)cn1. The van der Waals surface area contributed by atoms with Gasteiger partial charge in [-0.15, -0.1) is 11.8 Å². The zero-order valence-electron chi connectivity index (χ0n) is 12.0. The number of pyridine rings is 1. The highest BCUT2D eigenvalue weighted by Gasteiger charge is 2.18. The molecule has 1 aromatic carbocycles. The minimum absolute atomic E-state index is 0.0449. The number of nitrogens with zero attached hydrogens (tertiary/aromatic N) is 2. The molecule has 1 aliphatic heterocycles. The molecule has 2 aromatic rings. The maximum Gasteiger partial charge on any atom is 0.245 e. The van der Waals surface area contributed by atoms with Crippen molar-refractivity contribution in [1.29, 1.82) is 0 Å². The van der Waals surface area contributed by atoms with Gasteiger partial charge in [0.1, 0.15) is 5.82 Å². The minimum atomic E-state index is -0.0449. The molecule has 1 N–H and O–H groups in total. The second kappa shape index (κ2) is 7.15. The molecule has 0 unspecified atom stereocenters. The number of fused-ring (bicyclic) bond motifs is 1. The van der Waals surface area contributed by atoms with Crippen molar-refractivity contribution in [3.63, 3.8) is 0 Å². The van der Waals surface area contributed by atoms with Crippen LogP contribution >= 0.6 is 27.7 Å². The van der Waals surface area contributed by atoms with Gasteiger partial charge in [-0.1, -0.05) is 12.1 Å². The molecule has 2 heterocycles. The molecule has 1 aliphatic rings. The van der Waals surface area contributed by atoms with Gasteiger partial charge in [-0.25, -0.2) is 4.98 Å². The summed E-state index contributed by atoms with van der Waals surface area (Å²) in [4.78, 5) is 19.8. The number of benzene rings is 1. The smallest absolute Gasteiger partial charge is 0.245 e. The Kier molecular flexibility index (Phi) is 5.00. The van der Waals surface area contributed by atoms with Crippen molar-refractivity contribution in [2.24, 2.45) is 0 Å².